The second-order valence-corrected chi connectivity index (χ2v) is 4.05. The zero-order chi connectivity index (χ0) is 9.42. The Morgan fingerprint density at radius 2 is 2.00 bits per heavy atom. The van der Waals surface area contributed by atoms with Gasteiger partial charge in [-0.15, -0.1) is 0 Å². The Morgan fingerprint density at radius 3 is 2.69 bits per heavy atom. The van der Waals surface area contributed by atoms with Crippen LogP contribution in [0.1, 0.15) is 30.0 Å². The molecule has 0 radical (unpaired) electrons. The molecule has 0 bridgehead atoms. The van der Waals surface area contributed by atoms with Crippen LogP contribution in [-0.4, -0.2) is 6.04 Å². The van der Waals surface area contributed by atoms with E-state index < -0.39 is 0 Å². The third kappa shape index (κ3) is 1.43. The van der Waals surface area contributed by atoms with Crippen LogP contribution in [-0.2, 0) is 6.42 Å². The average Bonchev–Trinajstić information content (AvgIpc) is 2.48. The van der Waals surface area contributed by atoms with Crippen LogP contribution in [0.5, 0.6) is 0 Å². The van der Waals surface area contributed by atoms with Gasteiger partial charge in [0.25, 0.3) is 0 Å². The minimum atomic E-state index is 0.663. The second kappa shape index (κ2) is 3.06. The highest BCUT2D eigenvalue weighted by Gasteiger charge is 2.18. The molecule has 1 aromatic rings. The smallest absolute Gasteiger partial charge is 0.0378 e. The molecular formula is C12H17N. The minimum absolute atomic E-state index is 0.663. The van der Waals surface area contributed by atoms with E-state index in [9.17, 15) is 0 Å². The lowest BCUT2D eigenvalue weighted by atomic mass is 10.0. The summed E-state index contributed by atoms with van der Waals surface area (Å²) < 4.78 is 0. The molecule has 0 spiro atoms. The van der Waals surface area contributed by atoms with E-state index in [0.29, 0.717) is 6.04 Å². The summed E-state index contributed by atoms with van der Waals surface area (Å²) >= 11 is 0. The molecule has 1 aliphatic heterocycles. The first-order chi connectivity index (χ1) is 6.20. The molecule has 0 saturated carbocycles. The van der Waals surface area contributed by atoms with Gasteiger partial charge < -0.3 is 5.32 Å². The summed E-state index contributed by atoms with van der Waals surface area (Å²) in [5.74, 6) is 0. The van der Waals surface area contributed by atoms with Gasteiger partial charge in [-0.3, -0.25) is 0 Å². The Hall–Kier alpha value is -0.980. The standard InChI is InChI=1S/C12H17N/c1-4-11-7-10-5-8(2)9(3)6-12(10)13-11/h5-6,11,13H,4,7H2,1-3H3. The maximum Gasteiger partial charge on any atom is 0.0378 e. The number of fused-ring (bicyclic) bond motifs is 1. The van der Waals surface area contributed by atoms with E-state index in [1.54, 1.807) is 0 Å². The lowest BCUT2D eigenvalue weighted by Gasteiger charge is -2.07. The highest BCUT2D eigenvalue weighted by molar-refractivity contribution is 5.59. The largest absolute Gasteiger partial charge is 0.382 e. The normalized spacial score (nSPS) is 19.8. The molecule has 1 N–H and O–H groups in total. The summed E-state index contributed by atoms with van der Waals surface area (Å²) in [6.07, 6.45) is 2.42. The van der Waals surface area contributed by atoms with Crippen molar-refractivity contribution in [3.63, 3.8) is 0 Å². The van der Waals surface area contributed by atoms with Crippen LogP contribution < -0.4 is 5.32 Å². The van der Waals surface area contributed by atoms with Gasteiger partial charge in [0.15, 0.2) is 0 Å². The quantitative estimate of drug-likeness (QED) is 0.691. The van der Waals surface area contributed by atoms with Crippen molar-refractivity contribution in [2.24, 2.45) is 0 Å². The van der Waals surface area contributed by atoms with Gasteiger partial charge in [0, 0.05) is 11.7 Å². The van der Waals surface area contributed by atoms with Crippen LogP contribution in [0.2, 0.25) is 0 Å². The zero-order valence-corrected chi connectivity index (χ0v) is 8.65. The third-order valence-electron chi connectivity index (χ3n) is 3.04. The fourth-order valence-electron chi connectivity index (χ4n) is 1.96. The van der Waals surface area contributed by atoms with Crippen molar-refractivity contribution < 1.29 is 0 Å². The van der Waals surface area contributed by atoms with Gasteiger partial charge >= 0.3 is 0 Å². The number of nitrogens with one attached hydrogen (secondary N) is 1. The average molecular weight is 175 g/mol. The highest BCUT2D eigenvalue weighted by atomic mass is 14.9. The molecule has 0 aromatic heterocycles. The molecule has 1 aliphatic rings. The van der Waals surface area contributed by atoms with Crippen molar-refractivity contribution >= 4 is 5.69 Å². The number of anilines is 1. The van der Waals surface area contributed by atoms with Crippen LogP contribution in [0.4, 0.5) is 5.69 Å². The number of benzene rings is 1. The van der Waals surface area contributed by atoms with E-state index in [0.717, 1.165) is 0 Å². The SMILES string of the molecule is CCC1Cc2cc(C)c(C)cc2N1. The molecule has 1 unspecified atom stereocenters. The summed E-state index contributed by atoms with van der Waals surface area (Å²) in [6.45, 7) is 6.61. The monoisotopic (exact) mass is 175 g/mol. The van der Waals surface area contributed by atoms with E-state index in [1.807, 2.05) is 0 Å². The molecule has 1 atom stereocenters. The molecule has 0 amide bonds. The lowest BCUT2D eigenvalue weighted by molar-refractivity contribution is 0.723. The fraction of sp³-hybridized carbons (Fsp3) is 0.500. The van der Waals surface area contributed by atoms with Crippen LogP contribution in [0.3, 0.4) is 0 Å². The molecule has 13 heavy (non-hydrogen) atoms. The fourth-order valence-corrected chi connectivity index (χ4v) is 1.96. The topological polar surface area (TPSA) is 12.0 Å². The first-order valence-corrected chi connectivity index (χ1v) is 5.07. The lowest BCUT2D eigenvalue weighted by Crippen LogP contribution is -2.12. The molecule has 0 fully saturated rings. The van der Waals surface area contributed by atoms with Gasteiger partial charge in [0.1, 0.15) is 0 Å². The van der Waals surface area contributed by atoms with Crippen molar-refractivity contribution in [1.29, 1.82) is 0 Å². The Labute approximate surface area is 80.2 Å². The van der Waals surface area contributed by atoms with E-state index in [1.165, 1.54) is 35.2 Å². The molecule has 0 saturated heterocycles. The maximum atomic E-state index is 3.55. The van der Waals surface area contributed by atoms with Crippen molar-refractivity contribution in [2.75, 3.05) is 5.32 Å². The number of hydrogen-bond acceptors (Lipinski definition) is 1. The van der Waals surface area contributed by atoms with E-state index in [4.69, 9.17) is 0 Å². The summed E-state index contributed by atoms with van der Waals surface area (Å²) in [5, 5.41) is 3.55. The molecule has 0 aliphatic carbocycles. The van der Waals surface area contributed by atoms with Crippen molar-refractivity contribution in [2.45, 2.75) is 39.7 Å². The van der Waals surface area contributed by atoms with Gasteiger partial charge in [0.05, 0.1) is 0 Å². The summed E-state index contributed by atoms with van der Waals surface area (Å²) in [6, 6.07) is 5.27. The Morgan fingerprint density at radius 1 is 1.31 bits per heavy atom. The predicted octanol–water partition coefficient (Wildman–Crippen LogP) is 3.05. The van der Waals surface area contributed by atoms with E-state index in [2.05, 4.69) is 38.2 Å². The number of rotatable bonds is 1. The Balaban J connectivity index is 2.36. The third-order valence-corrected chi connectivity index (χ3v) is 3.04. The van der Waals surface area contributed by atoms with E-state index in [-0.39, 0.29) is 0 Å². The van der Waals surface area contributed by atoms with Crippen molar-refractivity contribution in [3.05, 3.63) is 28.8 Å². The molecule has 1 heterocycles. The van der Waals surface area contributed by atoms with Gasteiger partial charge in [-0.2, -0.15) is 0 Å². The highest BCUT2D eigenvalue weighted by Crippen LogP contribution is 2.29. The molecule has 1 aromatic carbocycles. The van der Waals surface area contributed by atoms with Gasteiger partial charge in [-0.05, 0) is 49.4 Å². The van der Waals surface area contributed by atoms with Gasteiger partial charge in [-0.25, -0.2) is 0 Å². The van der Waals surface area contributed by atoms with Crippen LogP contribution >= 0.6 is 0 Å². The Bertz CT molecular complexity index is 297. The van der Waals surface area contributed by atoms with Gasteiger partial charge in [0.2, 0.25) is 0 Å². The summed E-state index contributed by atoms with van der Waals surface area (Å²) in [7, 11) is 0. The van der Waals surface area contributed by atoms with Crippen molar-refractivity contribution in [3.8, 4) is 0 Å². The van der Waals surface area contributed by atoms with Gasteiger partial charge in [-0.1, -0.05) is 13.0 Å². The molecule has 70 valence electrons. The number of hydrogen-bond donors (Lipinski definition) is 1. The first-order valence-electron chi connectivity index (χ1n) is 5.07. The predicted molar refractivity (Wildman–Crippen MR) is 57.3 cm³/mol. The second-order valence-electron chi connectivity index (χ2n) is 4.05. The Kier molecular flexibility index (Phi) is 2.03. The minimum Gasteiger partial charge on any atom is -0.382 e. The molecule has 1 heteroatoms. The zero-order valence-electron chi connectivity index (χ0n) is 8.65. The van der Waals surface area contributed by atoms with Crippen molar-refractivity contribution in [1.82, 2.24) is 0 Å². The summed E-state index contributed by atoms with van der Waals surface area (Å²) in [4.78, 5) is 0. The van der Waals surface area contributed by atoms with Crippen LogP contribution in [0.25, 0.3) is 0 Å². The van der Waals surface area contributed by atoms with E-state index >= 15 is 0 Å². The van der Waals surface area contributed by atoms with Crippen LogP contribution in [0, 0.1) is 13.8 Å². The first kappa shape index (κ1) is 8.61. The van der Waals surface area contributed by atoms with Crippen LogP contribution in [0.15, 0.2) is 12.1 Å². The molecule has 2 rings (SSSR count). The maximum absolute atomic E-state index is 3.55. The summed E-state index contributed by atoms with van der Waals surface area (Å²) in [5.41, 5.74) is 5.66. The molecular weight excluding hydrogens is 158 g/mol. The number of aryl methyl sites for hydroxylation is 2. The molecule has 1 nitrogen and oxygen atoms in total.